The summed E-state index contributed by atoms with van der Waals surface area (Å²) in [4.78, 5) is 7.92. The molecule has 0 saturated carbocycles. The van der Waals surface area contributed by atoms with Crippen molar-refractivity contribution in [2.45, 2.75) is 19.0 Å². The number of hydrogen-bond donors (Lipinski definition) is 1. The smallest absolute Gasteiger partial charge is 0.324 e. The van der Waals surface area contributed by atoms with E-state index in [4.69, 9.17) is 0 Å². The lowest BCUT2D eigenvalue weighted by molar-refractivity contribution is -0.138. The number of nitrogens with zero attached hydrogens (tertiary/aromatic N) is 2. The minimum absolute atomic E-state index is 0.00946. The Morgan fingerprint density at radius 1 is 0.840 bits per heavy atom. The summed E-state index contributed by atoms with van der Waals surface area (Å²) in [6, 6.07) is 18.5. The van der Waals surface area contributed by atoms with E-state index in [1.54, 1.807) is 12.1 Å². The molecule has 128 valence electrons. The molecular weight excluding hydrogens is 327 g/mol. The van der Waals surface area contributed by atoms with E-state index in [0.29, 0.717) is 6.42 Å². The summed E-state index contributed by atoms with van der Waals surface area (Å²) in [5.74, 6) is 0.155. The van der Waals surface area contributed by atoms with Crippen LogP contribution in [0, 0.1) is 0 Å². The number of nitrogens with one attached hydrogen (secondary N) is 1. The Balaban J connectivity index is 1.85. The summed E-state index contributed by atoms with van der Waals surface area (Å²) >= 11 is 0. The van der Waals surface area contributed by atoms with Crippen LogP contribution in [0.15, 0.2) is 66.9 Å². The number of rotatable bonds is 5. The first kappa shape index (κ1) is 17.0. The Hall–Kier alpha value is -2.89. The molecule has 0 bridgehead atoms. The second-order valence-electron chi connectivity index (χ2n) is 5.53. The van der Waals surface area contributed by atoms with Gasteiger partial charge in [0.1, 0.15) is 0 Å². The van der Waals surface area contributed by atoms with Crippen LogP contribution in [0.25, 0.3) is 0 Å². The predicted molar refractivity (Wildman–Crippen MR) is 90.6 cm³/mol. The monoisotopic (exact) mass is 343 g/mol. The van der Waals surface area contributed by atoms with E-state index >= 15 is 0 Å². The van der Waals surface area contributed by atoms with Gasteiger partial charge in [0.2, 0.25) is 5.95 Å². The number of anilines is 2. The molecule has 0 spiro atoms. The maximum absolute atomic E-state index is 13.2. The zero-order valence-electron chi connectivity index (χ0n) is 13.3. The Labute approximate surface area is 143 Å². The molecule has 3 nitrogen and oxygen atoms in total. The number of benzene rings is 2. The fourth-order valence-corrected chi connectivity index (χ4v) is 2.46. The van der Waals surface area contributed by atoms with Crippen LogP contribution in [-0.4, -0.2) is 9.97 Å². The maximum atomic E-state index is 13.2. The van der Waals surface area contributed by atoms with Gasteiger partial charge in [-0.2, -0.15) is 13.2 Å². The fraction of sp³-hybridized carbons (Fsp3) is 0.158. The quantitative estimate of drug-likeness (QED) is 0.706. The Bertz CT molecular complexity index is 818. The van der Waals surface area contributed by atoms with Crippen molar-refractivity contribution in [1.29, 1.82) is 0 Å². The van der Waals surface area contributed by atoms with Crippen molar-refractivity contribution in [2.24, 2.45) is 0 Å². The average molecular weight is 343 g/mol. The van der Waals surface area contributed by atoms with Crippen molar-refractivity contribution in [3.05, 3.63) is 83.7 Å². The molecule has 0 fully saturated rings. The zero-order valence-corrected chi connectivity index (χ0v) is 13.3. The molecule has 3 aromatic rings. The molecule has 1 heterocycles. The highest BCUT2D eigenvalue weighted by Gasteiger charge is 2.34. The highest BCUT2D eigenvalue weighted by atomic mass is 19.4. The third-order valence-corrected chi connectivity index (χ3v) is 3.70. The standard InChI is InChI=1S/C19H16F3N3/c20-19(21,22)16-13-23-18(24-15-9-5-2-6-10-15)25-17(16)12-11-14-7-3-1-4-8-14/h1-10,13H,11-12H2,(H,23,24,25). The second-order valence-corrected chi connectivity index (χ2v) is 5.53. The summed E-state index contributed by atoms with van der Waals surface area (Å²) in [6.07, 6.45) is -2.97. The van der Waals surface area contributed by atoms with E-state index in [0.717, 1.165) is 17.4 Å². The predicted octanol–water partition coefficient (Wildman–Crippen LogP) is 5.02. The molecular formula is C19H16F3N3. The molecule has 0 unspecified atom stereocenters. The van der Waals surface area contributed by atoms with E-state index in [1.807, 2.05) is 48.5 Å². The minimum Gasteiger partial charge on any atom is -0.324 e. The molecule has 3 rings (SSSR count). The van der Waals surface area contributed by atoms with Gasteiger partial charge in [-0.15, -0.1) is 0 Å². The van der Waals surface area contributed by atoms with Crippen LogP contribution in [-0.2, 0) is 19.0 Å². The van der Waals surface area contributed by atoms with Crippen LogP contribution in [0.4, 0.5) is 24.8 Å². The summed E-state index contributed by atoms with van der Waals surface area (Å²) in [7, 11) is 0. The SMILES string of the molecule is FC(F)(F)c1cnc(Nc2ccccc2)nc1CCc1ccccc1. The first-order chi connectivity index (χ1) is 12.0. The summed E-state index contributed by atoms with van der Waals surface area (Å²) in [5, 5.41) is 2.93. The molecule has 0 radical (unpaired) electrons. The molecule has 0 saturated heterocycles. The van der Waals surface area contributed by atoms with Gasteiger partial charge in [-0.3, -0.25) is 0 Å². The highest BCUT2D eigenvalue weighted by Crippen LogP contribution is 2.32. The largest absolute Gasteiger partial charge is 0.419 e. The molecule has 1 aromatic heterocycles. The van der Waals surface area contributed by atoms with Crippen LogP contribution >= 0.6 is 0 Å². The van der Waals surface area contributed by atoms with Crippen LogP contribution in [0.3, 0.4) is 0 Å². The van der Waals surface area contributed by atoms with Crippen molar-refractivity contribution in [3.63, 3.8) is 0 Å². The van der Waals surface area contributed by atoms with Gasteiger partial charge in [-0.25, -0.2) is 9.97 Å². The Kier molecular flexibility index (Phi) is 4.97. The lowest BCUT2D eigenvalue weighted by Gasteiger charge is -2.13. The van der Waals surface area contributed by atoms with Gasteiger partial charge >= 0.3 is 6.18 Å². The molecule has 6 heteroatoms. The van der Waals surface area contributed by atoms with Crippen LogP contribution in [0.1, 0.15) is 16.8 Å². The fourth-order valence-electron chi connectivity index (χ4n) is 2.46. The molecule has 0 aliphatic heterocycles. The zero-order chi connectivity index (χ0) is 17.7. The van der Waals surface area contributed by atoms with E-state index in [2.05, 4.69) is 15.3 Å². The van der Waals surface area contributed by atoms with Gasteiger partial charge in [-0.05, 0) is 30.5 Å². The van der Waals surface area contributed by atoms with Crippen molar-refractivity contribution in [1.82, 2.24) is 9.97 Å². The van der Waals surface area contributed by atoms with Crippen molar-refractivity contribution < 1.29 is 13.2 Å². The van der Waals surface area contributed by atoms with Gasteiger partial charge in [0.15, 0.2) is 0 Å². The van der Waals surface area contributed by atoms with E-state index < -0.39 is 11.7 Å². The molecule has 0 atom stereocenters. The van der Waals surface area contributed by atoms with Crippen LogP contribution in [0.2, 0.25) is 0 Å². The van der Waals surface area contributed by atoms with E-state index in [9.17, 15) is 13.2 Å². The highest BCUT2D eigenvalue weighted by molar-refractivity contribution is 5.53. The number of aromatic nitrogens is 2. The number of para-hydroxylation sites is 1. The van der Waals surface area contributed by atoms with E-state index in [-0.39, 0.29) is 18.1 Å². The van der Waals surface area contributed by atoms with Crippen LogP contribution in [0.5, 0.6) is 0 Å². The number of alkyl halides is 3. The first-order valence-corrected chi connectivity index (χ1v) is 7.81. The summed E-state index contributed by atoms with van der Waals surface area (Å²) < 4.78 is 39.7. The van der Waals surface area contributed by atoms with Gasteiger partial charge in [0, 0.05) is 11.9 Å². The van der Waals surface area contributed by atoms with Crippen molar-refractivity contribution in [2.75, 3.05) is 5.32 Å². The topological polar surface area (TPSA) is 37.8 Å². The average Bonchev–Trinajstić information content (AvgIpc) is 2.61. The van der Waals surface area contributed by atoms with Crippen LogP contribution < -0.4 is 5.32 Å². The van der Waals surface area contributed by atoms with Gasteiger partial charge in [0.05, 0.1) is 11.3 Å². The minimum atomic E-state index is -4.47. The number of halogens is 3. The van der Waals surface area contributed by atoms with E-state index in [1.165, 1.54) is 0 Å². The van der Waals surface area contributed by atoms with Gasteiger partial charge in [-0.1, -0.05) is 48.5 Å². The Morgan fingerprint density at radius 3 is 2.12 bits per heavy atom. The van der Waals surface area contributed by atoms with Crippen molar-refractivity contribution in [3.8, 4) is 0 Å². The first-order valence-electron chi connectivity index (χ1n) is 7.81. The number of hydrogen-bond acceptors (Lipinski definition) is 3. The molecule has 25 heavy (non-hydrogen) atoms. The molecule has 1 N–H and O–H groups in total. The lowest BCUT2D eigenvalue weighted by atomic mass is 10.1. The second kappa shape index (κ2) is 7.34. The maximum Gasteiger partial charge on any atom is 0.419 e. The summed E-state index contributed by atoms with van der Waals surface area (Å²) in [5.41, 5.74) is 0.884. The molecule has 0 aliphatic carbocycles. The third kappa shape index (κ3) is 4.56. The summed E-state index contributed by atoms with van der Waals surface area (Å²) in [6.45, 7) is 0. The molecule has 0 aliphatic rings. The van der Waals surface area contributed by atoms with Gasteiger partial charge in [0.25, 0.3) is 0 Å². The van der Waals surface area contributed by atoms with Gasteiger partial charge < -0.3 is 5.32 Å². The number of aryl methyl sites for hydroxylation is 2. The lowest BCUT2D eigenvalue weighted by Crippen LogP contribution is -2.14. The Morgan fingerprint density at radius 2 is 1.48 bits per heavy atom. The normalized spacial score (nSPS) is 11.3. The third-order valence-electron chi connectivity index (χ3n) is 3.70. The molecule has 0 amide bonds. The molecule has 2 aromatic carbocycles. The van der Waals surface area contributed by atoms with Crippen molar-refractivity contribution >= 4 is 11.6 Å².